The molecule has 4 nitrogen and oxygen atoms in total. The molecule has 3 N–H and O–H groups in total. The minimum absolute atomic E-state index is 0.136. The SMILES string of the molecule is CC1(C)OCOC1CC[C@H](CC1CCCCC1)NCCN. The van der Waals surface area contributed by atoms with Crippen molar-refractivity contribution in [2.75, 3.05) is 19.9 Å². The first-order valence-corrected chi connectivity index (χ1v) is 8.81. The molecule has 0 aromatic rings. The van der Waals surface area contributed by atoms with Gasteiger partial charge in [0.15, 0.2) is 0 Å². The summed E-state index contributed by atoms with van der Waals surface area (Å²) in [7, 11) is 0. The van der Waals surface area contributed by atoms with Crippen molar-refractivity contribution in [2.24, 2.45) is 11.7 Å². The number of rotatable bonds is 8. The van der Waals surface area contributed by atoms with Gasteiger partial charge in [0.1, 0.15) is 6.79 Å². The fraction of sp³-hybridized carbons (Fsp3) is 1.00. The van der Waals surface area contributed by atoms with Crippen LogP contribution in [-0.4, -0.2) is 37.6 Å². The number of ether oxygens (including phenoxy) is 2. The predicted molar refractivity (Wildman–Crippen MR) is 86.2 cm³/mol. The predicted octanol–water partition coefficient (Wildman–Crippen LogP) is 2.81. The second kappa shape index (κ2) is 8.47. The van der Waals surface area contributed by atoms with E-state index in [0.29, 0.717) is 12.8 Å². The second-order valence-electron chi connectivity index (χ2n) is 7.28. The lowest BCUT2D eigenvalue weighted by Crippen LogP contribution is -2.38. The van der Waals surface area contributed by atoms with E-state index >= 15 is 0 Å². The van der Waals surface area contributed by atoms with Crippen LogP contribution in [0.25, 0.3) is 0 Å². The Bertz CT molecular complexity index is 291. The highest BCUT2D eigenvalue weighted by atomic mass is 16.7. The van der Waals surface area contributed by atoms with Crippen molar-refractivity contribution in [3.05, 3.63) is 0 Å². The summed E-state index contributed by atoms with van der Waals surface area (Å²) >= 11 is 0. The van der Waals surface area contributed by atoms with Crippen molar-refractivity contribution in [3.8, 4) is 0 Å². The first kappa shape index (κ1) is 17.2. The van der Waals surface area contributed by atoms with Gasteiger partial charge in [0.2, 0.25) is 0 Å². The van der Waals surface area contributed by atoms with Gasteiger partial charge >= 0.3 is 0 Å². The fourth-order valence-corrected chi connectivity index (χ4v) is 3.76. The quantitative estimate of drug-likeness (QED) is 0.723. The Kier molecular flexibility index (Phi) is 6.93. The van der Waals surface area contributed by atoms with Crippen LogP contribution in [0.5, 0.6) is 0 Å². The van der Waals surface area contributed by atoms with Crippen LogP contribution >= 0.6 is 0 Å². The zero-order valence-corrected chi connectivity index (χ0v) is 13.9. The molecule has 1 heterocycles. The van der Waals surface area contributed by atoms with Crippen LogP contribution in [0.2, 0.25) is 0 Å². The Morgan fingerprint density at radius 3 is 2.62 bits per heavy atom. The molecular formula is C17H34N2O2. The third-order valence-corrected chi connectivity index (χ3v) is 5.17. The second-order valence-corrected chi connectivity index (χ2v) is 7.28. The molecule has 2 atom stereocenters. The first-order valence-electron chi connectivity index (χ1n) is 8.81. The van der Waals surface area contributed by atoms with E-state index in [1.165, 1.54) is 38.5 Å². The van der Waals surface area contributed by atoms with E-state index < -0.39 is 0 Å². The third kappa shape index (κ3) is 5.51. The smallest absolute Gasteiger partial charge is 0.148 e. The maximum absolute atomic E-state index is 5.74. The summed E-state index contributed by atoms with van der Waals surface area (Å²) in [5.41, 5.74) is 5.53. The van der Waals surface area contributed by atoms with E-state index in [-0.39, 0.29) is 11.7 Å². The molecule has 0 aromatic carbocycles. The lowest BCUT2D eigenvalue weighted by molar-refractivity contribution is 0.0121. The zero-order valence-electron chi connectivity index (χ0n) is 13.9. The molecular weight excluding hydrogens is 264 g/mol. The van der Waals surface area contributed by atoms with Gasteiger partial charge in [-0.3, -0.25) is 0 Å². The highest BCUT2D eigenvalue weighted by Gasteiger charge is 2.37. The van der Waals surface area contributed by atoms with Crippen molar-refractivity contribution < 1.29 is 9.47 Å². The minimum atomic E-state index is -0.136. The van der Waals surface area contributed by atoms with Gasteiger partial charge < -0.3 is 20.5 Å². The molecule has 0 aromatic heterocycles. The highest BCUT2D eigenvalue weighted by Crippen LogP contribution is 2.31. The third-order valence-electron chi connectivity index (χ3n) is 5.17. The lowest BCUT2D eigenvalue weighted by Gasteiger charge is -2.29. The summed E-state index contributed by atoms with van der Waals surface area (Å²) in [6, 6.07) is 0.580. The molecule has 124 valence electrons. The molecule has 2 aliphatic rings. The van der Waals surface area contributed by atoms with Crippen molar-refractivity contribution in [1.29, 1.82) is 0 Å². The molecule has 0 bridgehead atoms. The Labute approximate surface area is 130 Å². The average Bonchev–Trinajstić information content (AvgIpc) is 2.82. The topological polar surface area (TPSA) is 56.5 Å². The first-order chi connectivity index (χ1) is 10.1. The number of hydrogen-bond donors (Lipinski definition) is 2. The Morgan fingerprint density at radius 1 is 1.24 bits per heavy atom. The molecule has 0 amide bonds. The summed E-state index contributed by atoms with van der Waals surface area (Å²) in [6.45, 7) is 6.35. The van der Waals surface area contributed by atoms with Crippen LogP contribution in [0.1, 0.15) is 65.2 Å². The van der Waals surface area contributed by atoms with Gasteiger partial charge in [-0.15, -0.1) is 0 Å². The summed E-state index contributed by atoms with van der Waals surface area (Å²) < 4.78 is 11.4. The van der Waals surface area contributed by atoms with E-state index in [1.807, 2.05) is 0 Å². The van der Waals surface area contributed by atoms with Gasteiger partial charge in [-0.05, 0) is 39.0 Å². The van der Waals surface area contributed by atoms with Gasteiger partial charge in [-0.25, -0.2) is 0 Å². The van der Waals surface area contributed by atoms with Crippen LogP contribution in [0.15, 0.2) is 0 Å². The summed E-state index contributed by atoms with van der Waals surface area (Å²) in [4.78, 5) is 0. The van der Waals surface area contributed by atoms with Crippen molar-refractivity contribution in [3.63, 3.8) is 0 Å². The van der Waals surface area contributed by atoms with Crippen LogP contribution in [-0.2, 0) is 9.47 Å². The van der Waals surface area contributed by atoms with Crippen molar-refractivity contribution in [1.82, 2.24) is 5.32 Å². The summed E-state index contributed by atoms with van der Waals surface area (Å²) in [5, 5.41) is 3.65. The summed E-state index contributed by atoms with van der Waals surface area (Å²) in [5.74, 6) is 0.905. The van der Waals surface area contributed by atoms with E-state index in [9.17, 15) is 0 Å². The molecule has 1 saturated heterocycles. The van der Waals surface area contributed by atoms with Crippen LogP contribution in [0, 0.1) is 5.92 Å². The van der Waals surface area contributed by atoms with Crippen molar-refractivity contribution in [2.45, 2.75) is 83.0 Å². The number of nitrogens with two attached hydrogens (primary N) is 1. The van der Waals surface area contributed by atoms with Gasteiger partial charge in [-0.2, -0.15) is 0 Å². The van der Waals surface area contributed by atoms with Crippen LogP contribution < -0.4 is 11.1 Å². The molecule has 0 radical (unpaired) electrons. The Balaban J connectivity index is 1.78. The van der Waals surface area contributed by atoms with E-state index in [1.54, 1.807) is 0 Å². The molecule has 1 aliphatic heterocycles. The summed E-state index contributed by atoms with van der Waals surface area (Å²) in [6.07, 6.45) is 10.8. The van der Waals surface area contributed by atoms with Gasteiger partial charge in [0.05, 0.1) is 11.7 Å². The molecule has 1 unspecified atom stereocenters. The van der Waals surface area contributed by atoms with Crippen molar-refractivity contribution >= 4 is 0 Å². The molecule has 21 heavy (non-hydrogen) atoms. The van der Waals surface area contributed by atoms with E-state index in [2.05, 4.69) is 19.2 Å². The fourth-order valence-electron chi connectivity index (χ4n) is 3.76. The maximum atomic E-state index is 5.74. The highest BCUT2D eigenvalue weighted by molar-refractivity contribution is 4.85. The normalized spacial score (nSPS) is 27.9. The molecule has 2 rings (SSSR count). The minimum Gasteiger partial charge on any atom is -0.349 e. The largest absolute Gasteiger partial charge is 0.349 e. The maximum Gasteiger partial charge on any atom is 0.148 e. The Morgan fingerprint density at radius 2 is 2.00 bits per heavy atom. The van der Waals surface area contributed by atoms with E-state index in [0.717, 1.165) is 31.8 Å². The lowest BCUT2D eigenvalue weighted by atomic mass is 9.83. The molecule has 1 saturated carbocycles. The Hall–Kier alpha value is -0.160. The molecule has 2 fully saturated rings. The number of hydrogen-bond acceptors (Lipinski definition) is 4. The average molecular weight is 298 g/mol. The standard InChI is InChI=1S/C17H34N2O2/c1-17(2)16(20-13-21-17)9-8-15(19-11-10-18)12-14-6-4-3-5-7-14/h14-16,19H,3-13,18H2,1-2H3/t15-,16?/m1/s1. The van der Waals surface area contributed by atoms with Crippen LogP contribution in [0.4, 0.5) is 0 Å². The monoisotopic (exact) mass is 298 g/mol. The molecule has 0 spiro atoms. The van der Waals surface area contributed by atoms with Crippen LogP contribution in [0.3, 0.4) is 0 Å². The van der Waals surface area contributed by atoms with Gasteiger partial charge in [-0.1, -0.05) is 32.1 Å². The van der Waals surface area contributed by atoms with Gasteiger partial charge in [0, 0.05) is 19.1 Å². The zero-order chi connectivity index (χ0) is 15.1. The van der Waals surface area contributed by atoms with E-state index in [4.69, 9.17) is 15.2 Å². The molecule has 4 heteroatoms. The molecule has 1 aliphatic carbocycles. The number of nitrogens with one attached hydrogen (secondary N) is 1. The van der Waals surface area contributed by atoms with Gasteiger partial charge in [0.25, 0.3) is 0 Å².